The fourth-order valence-electron chi connectivity index (χ4n) is 3.30. The first-order valence-corrected chi connectivity index (χ1v) is 10.6. The molecule has 0 bridgehead atoms. The van der Waals surface area contributed by atoms with Gasteiger partial charge < -0.3 is 15.2 Å². The lowest BCUT2D eigenvalue weighted by Gasteiger charge is -2.18. The zero-order valence-electron chi connectivity index (χ0n) is 16.9. The molecule has 0 amide bonds. The highest BCUT2D eigenvalue weighted by Gasteiger charge is 2.22. The van der Waals surface area contributed by atoms with Crippen LogP contribution in [0.3, 0.4) is 0 Å². The van der Waals surface area contributed by atoms with E-state index in [2.05, 4.69) is 0 Å². The molecule has 2 N–H and O–H groups in total. The second-order valence-electron chi connectivity index (χ2n) is 7.00. The van der Waals surface area contributed by atoms with E-state index < -0.39 is 17.0 Å². The quantitative estimate of drug-likeness (QED) is 0.462. The third kappa shape index (κ3) is 4.22. The second-order valence-corrected chi connectivity index (χ2v) is 8.04. The van der Waals surface area contributed by atoms with Crippen molar-refractivity contribution in [2.75, 3.05) is 24.7 Å². The smallest absolute Gasteiger partial charge is 0.332 e. The molecule has 0 saturated heterocycles. The second kappa shape index (κ2) is 8.73. The van der Waals surface area contributed by atoms with Crippen LogP contribution in [0.5, 0.6) is 11.5 Å². The molecule has 31 heavy (non-hydrogen) atoms. The summed E-state index contributed by atoms with van der Waals surface area (Å²) in [5.74, 6) is 0.705. The molecule has 0 spiro atoms. The van der Waals surface area contributed by atoms with E-state index in [4.69, 9.17) is 15.2 Å². The third-order valence-corrected chi connectivity index (χ3v) is 5.92. The molecule has 160 valence electrons. The van der Waals surface area contributed by atoms with E-state index in [9.17, 15) is 14.4 Å². The van der Waals surface area contributed by atoms with E-state index >= 15 is 0 Å². The highest BCUT2D eigenvalue weighted by Crippen LogP contribution is 2.34. The van der Waals surface area contributed by atoms with Crippen LogP contribution in [-0.4, -0.2) is 33.9 Å². The molecule has 9 heteroatoms. The van der Waals surface area contributed by atoms with Crippen molar-refractivity contribution in [3.63, 3.8) is 0 Å². The molecule has 2 aromatic carbocycles. The maximum absolute atomic E-state index is 12.9. The number of ketones is 1. The summed E-state index contributed by atoms with van der Waals surface area (Å²) >= 11 is 1.26. The Balaban J connectivity index is 1.60. The van der Waals surface area contributed by atoms with Gasteiger partial charge in [0.1, 0.15) is 24.6 Å². The summed E-state index contributed by atoms with van der Waals surface area (Å²) in [6.45, 7) is 1.13. The van der Waals surface area contributed by atoms with E-state index in [0.29, 0.717) is 24.7 Å². The number of aromatic nitrogens is 2. The molecule has 0 fully saturated rings. The van der Waals surface area contributed by atoms with Gasteiger partial charge in [-0.2, -0.15) is 0 Å². The van der Waals surface area contributed by atoms with Crippen molar-refractivity contribution in [1.29, 1.82) is 0 Å². The standard InChI is InChI=1S/C22H21N3O5S/c1-24-21(27)19(20(23)25(22(24)28)12-14-5-3-2-4-6-14)16(26)13-31-15-7-8-17-18(11-15)30-10-9-29-17/h2-8,11H,9-10,12-13,23H2,1H3. The van der Waals surface area contributed by atoms with Crippen LogP contribution in [0.2, 0.25) is 0 Å². The zero-order chi connectivity index (χ0) is 22.0. The van der Waals surface area contributed by atoms with E-state index in [0.717, 1.165) is 15.0 Å². The van der Waals surface area contributed by atoms with Gasteiger partial charge in [-0.05, 0) is 23.8 Å². The number of nitrogens with zero attached hydrogens (tertiary/aromatic N) is 2. The molecule has 0 aliphatic carbocycles. The number of nitrogen functional groups attached to an aromatic ring is 1. The Kier molecular flexibility index (Phi) is 5.85. The molecule has 3 aromatic rings. The third-order valence-electron chi connectivity index (χ3n) is 4.93. The number of carbonyl (C=O) groups is 1. The molecule has 8 nitrogen and oxygen atoms in total. The minimum atomic E-state index is -0.695. The number of rotatable bonds is 6. The largest absolute Gasteiger partial charge is 0.486 e. The minimum Gasteiger partial charge on any atom is -0.486 e. The molecule has 1 aliphatic rings. The van der Waals surface area contributed by atoms with Gasteiger partial charge in [0.05, 0.1) is 12.3 Å². The van der Waals surface area contributed by atoms with Crippen molar-refractivity contribution in [3.8, 4) is 11.5 Å². The Hall–Kier alpha value is -3.46. The minimum absolute atomic E-state index is 0.0113. The van der Waals surface area contributed by atoms with Crippen molar-refractivity contribution < 1.29 is 14.3 Å². The number of carbonyl (C=O) groups excluding carboxylic acids is 1. The van der Waals surface area contributed by atoms with Gasteiger partial charge >= 0.3 is 5.69 Å². The highest BCUT2D eigenvalue weighted by atomic mass is 32.2. The summed E-state index contributed by atoms with van der Waals surface area (Å²) < 4.78 is 13.2. The number of benzene rings is 2. The molecule has 0 unspecified atom stereocenters. The number of nitrogens with two attached hydrogens (primary N) is 1. The van der Waals surface area contributed by atoms with E-state index in [1.165, 1.54) is 23.4 Å². The molecular formula is C22H21N3O5S. The normalized spacial score (nSPS) is 12.5. The number of ether oxygens (including phenoxy) is 2. The zero-order valence-corrected chi connectivity index (χ0v) is 17.7. The Labute approximate surface area is 182 Å². The first kappa shape index (κ1) is 20.8. The molecular weight excluding hydrogens is 418 g/mol. The number of Topliss-reactive ketones (excluding diaryl/α,β-unsaturated/α-hetero) is 1. The molecule has 1 aliphatic heterocycles. The van der Waals surface area contributed by atoms with Crippen LogP contribution in [0.15, 0.2) is 63.0 Å². The van der Waals surface area contributed by atoms with Gasteiger partial charge in [0.25, 0.3) is 5.56 Å². The average Bonchev–Trinajstić information content (AvgIpc) is 2.80. The fourth-order valence-corrected chi connectivity index (χ4v) is 4.10. The lowest BCUT2D eigenvalue weighted by atomic mass is 10.2. The van der Waals surface area contributed by atoms with Crippen LogP contribution in [0.1, 0.15) is 15.9 Å². The average molecular weight is 439 g/mol. The number of anilines is 1. The predicted octanol–water partition coefficient (Wildman–Crippen LogP) is 1.92. The van der Waals surface area contributed by atoms with Gasteiger partial charge in [0, 0.05) is 11.9 Å². The molecule has 2 heterocycles. The predicted molar refractivity (Wildman–Crippen MR) is 118 cm³/mol. The molecule has 4 rings (SSSR count). The van der Waals surface area contributed by atoms with Gasteiger partial charge in [-0.25, -0.2) is 4.79 Å². The first-order valence-electron chi connectivity index (χ1n) is 9.64. The molecule has 0 saturated carbocycles. The van der Waals surface area contributed by atoms with Crippen molar-refractivity contribution in [2.45, 2.75) is 11.4 Å². The Morgan fingerprint density at radius 3 is 2.52 bits per heavy atom. The Morgan fingerprint density at radius 1 is 1.06 bits per heavy atom. The van der Waals surface area contributed by atoms with Crippen LogP contribution in [0.4, 0.5) is 5.82 Å². The van der Waals surface area contributed by atoms with E-state index in [1.54, 1.807) is 12.1 Å². The summed E-state index contributed by atoms with van der Waals surface area (Å²) in [7, 11) is 1.34. The number of fused-ring (bicyclic) bond motifs is 1. The molecule has 0 atom stereocenters. The van der Waals surface area contributed by atoms with Crippen molar-refractivity contribution >= 4 is 23.4 Å². The number of hydrogen-bond donors (Lipinski definition) is 1. The van der Waals surface area contributed by atoms with E-state index in [-0.39, 0.29) is 23.7 Å². The maximum atomic E-state index is 12.9. The van der Waals surface area contributed by atoms with Crippen LogP contribution < -0.4 is 26.5 Å². The summed E-state index contributed by atoms with van der Waals surface area (Å²) in [6, 6.07) is 14.6. The summed E-state index contributed by atoms with van der Waals surface area (Å²) in [5, 5.41) is 0. The van der Waals surface area contributed by atoms with Gasteiger partial charge in [-0.3, -0.25) is 18.7 Å². The summed E-state index contributed by atoms with van der Waals surface area (Å²) in [4.78, 5) is 39.0. The van der Waals surface area contributed by atoms with Crippen LogP contribution in [-0.2, 0) is 13.6 Å². The van der Waals surface area contributed by atoms with Crippen molar-refractivity contribution in [2.24, 2.45) is 7.05 Å². The van der Waals surface area contributed by atoms with Gasteiger partial charge in [0.2, 0.25) is 0 Å². The van der Waals surface area contributed by atoms with Gasteiger partial charge in [0.15, 0.2) is 17.3 Å². The lowest BCUT2D eigenvalue weighted by Crippen LogP contribution is -2.43. The SMILES string of the molecule is Cn1c(=O)c(C(=O)CSc2ccc3c(c2)OCCO3)c(N)n(Cc2ccccc2)c1=O. The number of thioether (sulfide) groups is 1. The van der Waals surface area contributed by atoms with E-state index in [1.807, 2.05) is 36.4 Å². The van der Waals surface area contributed by atoms with Crippen LogP contribution >= 0.6 is 11.8 Å². The highest BCUT2D eigenvalue weighted by molar-refractivity contribution is 8.00. The van der Waals surface area contributed by atoms with Gasteiger partial charge in [-0.15, -0.1) is 11.8 Å². The summed E-state index contributed by atoms with van der Waals surface area (Å²) in [5.41, 5.74) is 5.54. The topological polar surface area (TPSA) is 106 Å². The first-order chi connectivity index (χ1) is 15.0. The monoisotopic (exact) mass is 439 g/mol. The van der Waals surface area contributed by atoms with Crippen LogP contribution in [0, 0.1) is 0 Å². The number of hydrogen-bond acceptors (Lipinski definition) is 7. The lowest BCUT2D eigenvalue weighted by molar-refractivity contribution is 0.102. The maximum Gasteiger partial charge on any atom is 0.332 e. The Bertz CT molecular complexity index is 1250. The molecule has 1 aromatic heterocycles. The van der Waals surface area contributed by atoms with Crippen LogP contribution in [0.25, 0.3) is 0 Å². The Morgan fingerprint density at radius 2 is 1.77 bits per heavy atom. The van der Waals surface area contributed by atoms with Gasteiger partial charge in [-0.1, -0.05) is 30.3 Å². The molecule has 0 radical (unpaired) electrons. The fraction of sp³-hybridized carbons (Fsp3) is 0.227. The van der Waals surface area contributed by atoms with Crippen molar-refractivity contribution in [1.82, 2.24) is 9.13 Å². The summed E-state index contributed by atoms with van der Waals surface area (Å²) in [6.07, 6.45) is 0. The van der Waals surface area contributed by atoms with Crippen molar-refractivity contribution in [3.05, 3.63) is 80.5 Å².